The van der Waals surface area contributed by atoms with Crippen LogP contribution in [0.4, 0.5) is 4.79 Å². The molecule has 2 aliphatic rings. The molecule has 2 aliphatic heterocycles. The average Bonchev–Trinajstić information content (AvgIpc) is 3.41. The Bertz CT molecular complexity index is 1070. The highest BCUT2D eigenvalue weighted by Crippen LogP contribution is 2.33. The number of hydrazone groups is 1. The number of urea groups is 1. The standard InChI is InChI=1S/C28H37N5O4/c1-3-12-29-28(35)32(14-13-31-15-17-37-18-16-31)21-27(34)33-26(22-8-5-4-6-9-22)20-25(30-33)23-10-7-11-24(19-23)36-2/h4-11,19,26H,3,12-18,20-21H2,1-2H3,(H,29,35)/t26-/m0/s1. The molecule has 1 atom stereocenters. The van der Waals surface area contributed by atoms with E-state index in [1.807, 2.05) is 61.5 Å². The predicted octanol–water partition coefficient (Wildman–Crippen LogP) is 3.13. The fourth-order valence-electron chi connectivity index (χ4n) is 4.57. The van der Waals surface area contributed by atoms with E-state index in [1.54, 1.807) is 17.0 Å². The van der Waals surface area contributed by atoms with E-state index in [4.69, 9.17) is 14.6 Å². The van der Waals surface area contributed by atoms with Gasteiger partial charge in [0.1, 0.15) is 12.3 Å². The molecule has 9 heteroatoms. The van der Waals surface area contributed by atoms with Crippen molar-refractivity contribution in [3.05, 3.63) is 65.7 Å². The fraction of sp³-hybridized carbons (Fsp3) is 0.464. The van der Waals surface area contributed by atoms with Gasteiger partial charge >= 0.3 is 6.03 Å². The summed E-state index contributed by atoms with van der Waals surface area (Å²) in [6, 6.07) is 17.2. The summed E-state index contributed by atoms with van der Waals surface area (Å²) in [6.45, 7) is 6.71. The Morgan fingerprint density at radius 2 is 1.92 bits per heavy atom. The van der Waals surface area contributed by atoms with E-state index in [1.165, 1.54) is 0 Å². The lowest BCUT2D eigenvalue weighted by Gasteiger charge is -2.31. The van der Waals surface area contributed by atoms with Crippen molar-refractivity contribution in [2.75, 3.05) is 59.6 Å². The third kappa shape index (κ3) is 7.08. The maximum Gasteiger partial charge on any atom is 0.317 e. The zero-order valence-electron chi connectivity index (χ0n) is 21.8. The number of nitrogens with one attached hydrogen (secondary N) is 1. The molecule has 2 aromatic carbocycles. The molecule has 0 bridgehead atoms. The number of morpholine rings is 1. The van der Waals surface area contributed by atoms with Crippen LogP contribution in [-0.2, 0) is 9.53 Å². The summed E-state index contributed by atoms with van der Waals surface area (Å²) in [6.07, 6.45) is 1.41. The van der Waals surface area contributed by atoms with Crippen LogP contribution in [0.1, 0.15) is 36.9 Å². The second kappa shape index (κ2) is 13.2. The van der Waals surface area contributed by atoms with Gasteiger partial charge in [0, 0.05) is 44.7 Å². The number of carbonyl (C=O) groups is 2. The van der Waals surface area contributed by atoms with E-state index in [-0.39, 0.29) is 24.5 Å². The molecule has 0 spiro atoms. The Labute approximate surface area is 219 Å². The lowest BCUT2D eigenvalue weighted by Crippen LogP contribution is -2.49. The zero-order valence-corrected chi connectivity index (χ0v) is 21.8. The van der Waals surface area contributed by atoms with Crippen molar-refractivity contribution >= 4 is 17.6 Å². The highest BCUT2D eigenvalue weighted by molar-refractivity contribution is 6.03. The Kier molecular flexibility index (Phi) is 9.51. The lowest BCUT2D eigenvalue weighted by atomic mass is 9.98. The normalized spacial score (nSPS) is 17.8. The van der Waals surface area contributed by atoms with Crippen LogP contribution >= 0.6 is 0 Å². The molecular formula is C28H37N5O4. The number of nitrogens with zero attached hydrogens (tertiary/aromatic N) is 4. The third-order valence-electron chi connectivity index (χ3n) is 6.68. The molecule has 4 rings (SSSR count). The Hall–Kier alpha value is -3.43. The molecule has 9 nitrogen and oxygen atoms in total. The molecule has 1 fully saturated rings. The van der Waals surface area contributed by atoms with Crippen LogP contribution in [0.25, 0.3) is 0 Å². The molecule has 0 unspecified atom stereocenters. The molecule has 3 amide bonds. The first-order valence-corrected chi connectivity index (χ1v) is 13.0. The van der Waals surface area contributed by atoms with E-state index in [2.05, 4.69) is 10.2 Å². The fourth-order valence-corrected chi connectivity index (χ4v) is 4.57. The number of carbonyl (C=O) groups excluding carboxylic acids is 2. The second-order valence-corrected chi connectivity index (χ2v) is 9.26. The molecule has 0 aliphatic carbocycles. The summed E-state index contributed by atoms with van der Waals surface area (Å²) in [5, 5.41) is 9.26. The van der Waals surface area contributed by atoms with Crippen LogP contribution in [0.3, 0.4) is 0 Å². The van der Waals surface area contributed by atoms with Gasteiger partial charge in [-0.25, -0.2) is 9.80 Å². The summed E-state index contributed by atoms with van der Waals surface area (Å²) in [4.78, 5) is 30.6. The van der Waals surface area contributed by atoms with Gasteiger partial charge in [-0.2, -0.15) is 5.10 Å². The third-order valence-corrected chi connectivity index (χ3v) is 6.68. The van der Waals surface area contributed by atoms with Crippen LogP contribution < -0.4 is 10.1 Å². The minimum absolute atomic E-state index is 0.0435. The topological polar surface area (TPSA) is 86.7 Å². The van der Waals surface area contributed by atoms with Gasteiger partial charge in [0.2, 0.25) is 0 Å². The number of hydrogen-bond donors (Lipinski definition) is 1. The van der Waals surface area contributed by atoms with E-state index in [0.29, 0.717) is 39.3 Å². The lowest BCUT2D eigenvalue weighted by molar-refractivity contribution is -0.133. The van der Waals surface area contributed by atoms with Crippen molar-refractivity contribution in [2.45, 2.75) is 25.8 Å². The molecule has 1 saturated heterocycles. The first-order valence-electron chi connectivity index (χ1n) is 13.0. The maximum atomic E-state index is 13.7. The van der Waals surface area contributed by atoms with Crippen LogP contribution in [0.5, 0.6) is 5.75 Å². The highest BCUT2D eigenvalue weighted by Gasteiger charge is 2.34. The summed E-state index contributed by atoms with van der Waals surface area (Å²) in [7, 11) is 1.63. The van der Waals surface area contributed by atoms with Gasteiger partial charge < -0.3 is 19.7 Å². The van der Waals surface area contributed by atoms with Crippen LogP contribution in [0, 0.1) is 0 Å². The van der Waals surface area contributed by atoms with Gasteiger partial charge in [-0.1, -0.05) is 49.4 Å². The second-order valence-electron chi connectivity index (χ2n) is 9.26. The molecule has 2 aromatic rings. The molecule has 0 radical (unpaired) electrons. The highest BCUT2D eigenvalue weighted by atomic mass is 16.5. The molecule has 37 heavy (non-hydrogen) atoms. The van der Waals surface area contributed by atoms with Gasteiger partial charge in [-0.05, 0) is 24.1 Å². The average molecular weight is 508 g/mol. The minimum atomic E-state index is -0.241. The van der Waals surface area contributed by atoms with Gasteiger partial charge in [0.05, 0.1) is 32.1 Å². The molecule has 2 heterocycles. The molecule has 198 valence electrons. The smallest absolute Gasteiger partial charge is 0.317 e. The quantitative estimate of drug-likeness (QED) is 0.534. The zero-order chi connectivity index (χ0) is 26.0. The van der Waals surface area contributed by atoms with Crippen molar-refractivity contribution in [1.29, 1.82) is 0 Å². The number of rotatable bonds is 10. The number of ether oxygens (including phenoxy) is 2. The SMILES string of the molecule is CCCNC(=O)N(CCN1CCOCC1)CC(=O)N1N=C(c2cccc(OC)c2)C[C@H]1c1ccccc1. The molecule has 0 saturated carbocycles. The van der Waals surface area contributed by atoms with Crippen molar-refractivity contribution in [1.82, 2.24) is 20.1 Å². The van der Waals surface area contributed by atoms with E-state index in [0.717, 1.165) is 42.1 Å². The Morgan fingerprint density at radius 1 is 1.14 bits per heavy atom. The van der Waals surface area contributed by atoms with Crippen LogP contribution in [0.2, 0.25) is 0 Å². The number of hydrogen-bond acceptors (Lipinski definition) is 6. The van der Waals surface area contributed by atoms with Gasteiger partial charge in [0.25, 0.3) is 5.91 Å². The predicted molar refractivity (Wildman–Crippen MR) is 143 cm³/mol. The number of benzene rings is 2. The maximum absolute atomic E-state index is 13.7. The largest absolute Gasteiger partial charge is 0.497 e. The minimum Gasteiger partial charge on any atom is -0.497 e. The van der Waals surface area contributed by atoms with Crippen LogP contribution in [0.15, 0.2) is 59.7 Å². The van der Waals surface area contributed by atoms with Gasteiger partial charge in [0.15, 0.2) is 0 Å². The van der Waals surface area contributed by atoms with Crippen molar-refractivity contribution in [3.63, 3.8) is 0 Å². The van der Waals surface area contributed by atoms with Crippen molar-refractivity contribution in [2.24, 2.45) is 5.10 Å². The monoisotopic (exact) mass is 507 g/mol. The van der Waals surface area contributed by atoms with Crippen LogP contribution in [-0.4, -0.2) is 92.1 Å². The molecular weight excluding hydrogens is 470 g/mol. The van der Waals surface area contributed by atoms with Crippen molar-refractivity contribution in [3.8, 4) is 5.75 Å². The van der Waals surface area contributed by atoms with E-state index < -0.39 is 0 Å². The first kappa shape index (κ1) is 26.6. The number of amides is 3. The first-order chi connectivity index (χ1) is 18.1. The number of methoxy groups -OCH3 is 1. The van der Waals surface area contributed by atoms with Gasteiger partial charge in [-0.3, -0.25) is 9.69 Å². The Balaban J connectivity index is 1.54. The van der Waals surface area contributed by atoms with Crippen molar-refractivity contribution < 1.29 is 19.1 Å². The molecule has 0 aromatic heterocycles. The Morgan fingerprint density at radius 3 is 2.65 bits per heavy atom. The van der Waals surface area contributed by atoms with E-state index in [9.17, 15) is 9.59 Å². The summed E-state index contributed by atoms with van der Waals surface area (Å²) in [5.74, 6) is 0.531. The van der Waals surface area contributed by atoms with E-state index >= 15 is 0 Å². The van der Waals surface area contributed by atoms with Gasteiger partial charge in [-0.15, -0.1) is 0 Å². The summed E-state index contributed by atoms with van der Waals surface area (Å²) < 4.78 is 10.8. The summed E-state index contributed by atoms with van der Waals surface area (Å²) >= 11 is 0. The molecule has 1 N–H and O–H groups in total. The summed E-state index contributed by atoms with van der Waals surface area (Å²) in [5.41, 5.74) is 2.74.